The molecule has 0 saturated heterocycles. The van der Waals surface area contributed by atoms with Gasteiger partial charge in [-0.1, -0.05) is 60.2 Å². The Bertz CT molecular complexity index is 1290. The van der Waals surface area contributed by atoms with Crippen LogP contribution in [0.25, 0.3) is 28.1 Å². The van der Waals surface area contributed by atoms with Crippen LogP contribution in [-0.2, 0) is 17.8 Å². The number of nitrogens with one attached hydrogen (secondary N) is 1. The van der Waals surface area contributed by atoms with Crippen molar-refractivity contribution < 1.29 is 4.79 Å². The maximum Gasteiger partial charge on any atom is 0.224 e. The van der Waals surface area contributed by atoms with Crippen LogP contribution in [0, 0.1) is 0 Å². The molecule has 0 fully saturated rings. The monoisotopic (exact) mass is 422 g/mol. The number of hydrogen-bond donors (Lipinski definition) is 2. The van der Waals surface area contributed by atoms with Crippen LogP contribution in [0.15, 0.2) is 78.5 Å². The van der Waals surface area contributed by atoms with Crippen LogP contribution in [0.4, 0.5) is 5.69 Å². The molecule has 0 aliphatic heterocycles. The second kappa shape index (κ2) is 9.43. The summed E-state index contributed by atoms with van der Waals surface area (Å²) in [6.07, 6.45) is 4.04. The Hall–Kier alpha value is -3.99. The maximum atomic E-state index is 12.6. The molecule has 3 N–H and O–H groups in total. The number of nitrogens with two attached hydrogens (primary N) is 1. The summed E-state index contributed by atoms with van der Waals surface area (Å²) in [5, 5.41) is 5.29. The summed E-state index contributed by atoms with van der Waals surface area (Å²) in [6, 6.07) is 21.8. The molecule has 4 rings (SSSR count). The minimum absolute atomic E-state index is 0.0483. The number of nitrogens with zero attached hydrogens (tertiary/aromatic N) is 2. The van der Waals surface area contributed by atoms with E-state index >= 15 is 0 Å². The second-order valence-electron chi connectivity index (χ2n) is 8.07. The Labute approximate surface area is 188 Å². The van der Waals surface area contributed by atoms with E-state index in [1.54, 1.807) is 6.20 Å². The Morgan fingerprint density at radius 2 is 1.75 bits per heavy atom. The van der Waals surface area contributed by atoms with Gasteiger partial charge in [-0.2, -0.15) is 0 Å². The third-order valence-electron chi connectivity index (χ3n) is 5.14. The molecule has 1 aromatic heterocycles. The van der Waals surface area contributed by atoms with Gasteiger partial charge < -0.3 is 11.1 Å². The van der Waals surface area contributed by atoms with Gasteiger partial charge in [0.15, 0.2) is 0 Å². The molecule has 0 saturated carbocycles. The largest absolute Gasteiger partial charge is 0.399 e. The van der Waals surface area contributed by atoms with Gasteiger partial charge in [-0.3, -0.25) is 9.78 Å². The van der Waals surface area contributed by atoms with Crippen LogP contribution >= 0.6 is 0 Å². The zero-order valence-electron chi connectivity index (χ0n) is 18.3. The van der Waals surface area contributed by atoms with Crippen LogP contribution < -0.4 is 11.1 Å². The summed E-state index contributed by atoms with van der Waals surface area (Å²) >= 11 is 0. The third-order valence-corrected chi connectivity index (χ3v) is 5.14. The number of amides is 1. The molecule has 0 aliphatic carbocycles. The topological polar surface area (TPSA) is 80.9 Å². The predicted molar refractivity (Wildman–Crippen MR) is 131 cm³/mol. The fourth-order valence-corrected chi connectivity index (χ4v) is 3.53. The molecule has 160 valence electrons. The van der Waals surface area contributed by atoms with E-state index in [0.717, 1.165) is 39.2 Å². The molecule has 32 heavy (non-hydrogen) atoms. The molecule has 1 heterocycles. The lowest BCUT2D eigenvalue weighted by Crippen LogP contribution is -2.25. The highest BCUT2D eigenvalue weighted by Gasteiger charge is 2.10. The molecule has 4 aromatic rings. The van der Waals surface area contributed by atoms with E-state index in [1.165, 1.54) is 5.39 Å². The van der Waals surface area contributed by atoms with Gasteiger partial charge in [0.05, 0.1) is 36.2 Å². The SMILES string of the molecule is CC(C)=Cc1nc(-c2ccc(N)cc2)cnc1CNC(=O)Cc1ccc2ccccc2c1. The Balaban J connectivity index is 1.49. The summed E-state index contributed by atoms with van der Waals surface area (Å²) in [5.41, 5.74) is 11.8. The van der Waals surface area contributed by atoms with Crippen molar-refractivity contribution in [3.63, 3.8) is 0 Å². The van der Waals surface area contributed by atoms with Crippen LogP contribution in [0.3, 0.4) is 0 Å². The molecule has 0 radical (unpaired) electrons. The van der Waals surface area contributed by atoms with Gasteiger partial charge in [0, 0.05) is 11.3 Å². The maximum absolute atomic E-state index is 12.6. The van der Waals surface area contributed by atoms with Gasteiger partial charge in [0.2, 0.25) is 5.91 Å². The van der Waals surface area contributed by atoms with E-state index in [1.807, 2.05) is 68.5 Å². The molecule has 5 heteroatoms. The first kappa shape index (κ1) is 21.2. The molecule has 0 aliphatic rings. The molecule has 0 atom stereocenters. The van der Waals surface area contributed by atoms with Crippen molar-refractivity contribution in [1.82, 2.24) is 15.3 Å². The number of aromatic nitrogens is 2. The predicted octanol–water partition coefficient (Wildman–Crippen LogP) is 5.16. The van der Waals surface area contributed by atoms with E-state index in [-0.39, 0.29) is 5.91 Å². The summed E-state index contributed by atoms with van der Waals surface area (Å²) in [6.45, 7) is 4.35. The number of hydrogen-bond acceptors (Lipinski definition) is 4. The number of nitrogen functional groups attached to an aromatic ring is 1. The van der Waals surface area contributed by atoms with Gasteiger partial charge in [-0.25, -0.2) is 4.98 Å². The molecule has 0 bridgehead atoms. The van der Waals surface area contributed by atoms with Crippen molar-refractivity contribution in [3.05, 3.63) is 95.5 Å². The number of rotatable bonds is 6. The second-order valence-corrected chi connectivity index (χ2v) is 8.07. The standard InChI is InChI=1S/C27H26N4O/c1-18(2)13-24-26(29-16-25(31-24)21-9-11-23(28)12-10-21)17-30-27(32)15-19-7-8-20-5-3-4-6-22(20)14-19/h3-14,16H,15,17,28H2,1-2H3,(H,30,32). The van der Waals surface area contributed by atoms with Gasteiger partial charge in [-0.05, 0) is 48.4 Å². The molecule has 5 nitrogen and oxygen atoms in total. The minimum Gasteiger partial charge on any atom is -0.399 e. The molecule has 3 aromatic carbocycles. The van der Waals surface area contributed by atoms with Gasteiger partial charge >= 0.3 is 0 Å². The van der Waals surface area contributed by atoms with Crippen molar-refractivity contribution in [2.75, 3.05) is 5.73 Å². The zero-order valence-corrected chi connectivity index (χ0v) is 18.3. The van der Waals surface area contributed by atoms with Crippen LogP contribution in [0.1, 0.15) is 30.8 Å². The summed E-state index contributed by atoms with van der Waals surface area (Å²) in [4.78, 5) is 22.0. The first-order valence-electron chi connectivity index (χ1n) is 10.6. The summed E-state index contributed by atoms with van der Waals surface area (Å²) < 4.78 is 0. The molecule has 0 unspecified atom stereocenters. The summed E-state index contributed by atoms with van der Waals surface area (Å²) in [7, 11) is 0. The zero-order chi connectivity index (χ0) is 22.5. The van der Waals surface area contributed by atoms with Crippen molar-refractivity contribution in [1.29, 1.82) is 0 Å². The lowest BCUT2D eigenvalue weighted by Gasteiger charge is -2.10. The number of carbonyl (C=O) groups is 1. The lowest BCUT2D eigenvalue weighted by atomic mass is 10.0. The number of fused-ring (bicyclic) bond motifs is 1. The Morgan fingerprint density at radius 3 is 2.50 bits per heavy atom. The van der Waals surface area contributed by atoms with Crippen molar-refractivity contribution in [3.8, 4) is 11.3 Å². The van der Waals surface area contributed by atoms with Crippen molar-refractivity contribution in [2.24, 2.45) is 0 Å². The molecular weight excluding hydrogens is 396 g/mol. The first-order valence-corrected chi connectivity index (χ1v) is 10.6. The van der Waals surface area contributed by atoms with Crippen LogP contribution in [0.5, 0.6) is 0 Å². The Kier molecular flexibility index (Phi) is 6.26. The highest BCUT2D eigenvalue weighted by Crippen LogP contribution is 2.20. The average Bonchev–Trinajstić information content (AvgIpc) is 2.78. The van der Waals surface area contributed by atoms with Crippen LogP contribution in [0.2, 0.25) is 0 Å². The Morgan fingerprint density at radius 1 is 1.00 bits per heavy atom. The molecular formula is C27H26N4O. The first-order chi connectivity index (χ1) is 15.5. The quantitative estimate of drug-likeness (QED) is 0.421. The number of benzene rings is 3. The number of allylic oxidation sites excluding steroid dienone is 1. The molecule has 0 spiro atoms. The van der Waals surface area contributed by atoms with E-state index in [0.29, 0.717) is 18.7 Å². The van der Waals surface area contributed by atoms with Crippen LogP contribution in [-0.4, -0.2) is 15.9 Å². The highest BCUT2D eigenvalue weighted by molar-refractivity contribution is 5.85. The van der Waals surface area contributed by atoms with E-state index in [2.05, 4.69) is 28.5 Å². The van der Waals surface area contributed by atoms with Crippen molar-refractivity contribution >= 4 is 28.4 Å². The highest BCUT2D eigenvalue weighted by atomic mass is 16.1. The summed E-state index contributed by atoms with van der Waals surface area (Å²) in [5.74, 6) is -0.0483. The van der Waals surface area contributed by atoms with E-state index in [9.17, 15) is 4.79 Å². The number of carbonyl (C=O) groups excluding carboxylic acids is 1. The minimum atomic E-state index is -0.0483. The van der Waals surface area contributed by atoms with Gasteiger partial charge in [0.1, 0.15) is 0 Å². The third kappa shape index (κ3) is 5.19. The fourth-order valence-electron chi connectivity index (χ4n) is 3.53. The number of anilines is 1. The average molecular weight is 423 g/mol. The normalized spacial score (nSPS) is 10.7. The lowest BCUT2D eigenvalue weighted by molar-refractivity contribution is -0.120. The van der Waals surface area contributed by atoms with E-state index in [4.69, 9.17) is 10.7 Å². The molecule has 1 amide bonds. The van der Waals surface area contributed by atoms with E-state index < -0.39 is 0 Å². The van der Waals surface area contributed by atoms with Gasteiger partial charge in [-0.15, -0.1) is 0 Å². The smallest absolute Gasteiger partial charge is 0.224 e. The fraction of sp³-hybridized carbons (Fsp3) is 0.148. The van der Waals surface area contributed by atoms with Crippen molar-refractivity contribution in [2.45, 2.75) is 26.8 Å². The van der Waals surface area contributed by atoms with Gasteiger partial charge in [0.25, 0.3) is 0 Å².